The molecule has 0 spiro atoms. The lowest BCUT2D eigenvalue weighted by molar-refractivity contribution is -0.131. The second-order valence-corrected chi connectivity index (χ2v) is 4.06. The summed E-state index contributed by atoms with van der Waals surface area (Å²) >= 11 is 0. The first kappa shape index (κ1) is 17.9. The molecule has 0 fully saturated rings. The summed E-state index contributed by atoms with van der Waals surface area (Å²) in [7, 11) is 0. The predicted octanol–water partition coefficient (Wildman–Crippen LogP) is 4.94. The SMILES string of the molecule is CC.CC(=O)Oc1ccc(C)cc1.Cc1ccccc1. The van der Waals surface area contributed by atoms with Gasteiger partial charge < -0.3 is 4.74 Å². The number of benzene rings is 2. The maximum absolute atomic E-state index is 10.5. The van der Waals surface area contributed by atoms with Crippen molar-refractivity contribution in [3.8, 4) is 5.75 Å². The number of carbonyl (C=O) groups is 1. The molecular formula is C18H24O2. The molecule has 0 N–H and O–H groups in total. The van der Waals surface area contributed by atoms with Gasteiger partial charge in [0.1, 0.15) is 5.75 Å². The largest absolute Gasteiger partial charge is 0.427 e. The third-order valence-corrected chi connectivity index (χ3v) is 2.22. The van der Waals surface area contributed by atoms with Crippen molar-refractivity contribution in [2.24, 2.45) is 0 Å². The van der Waals surface area contributed by atoms with E-state index in [0.29, 0.717) is 5.75 Å². The van der Waals surface area contributed by atoms with Crippen LogP contribution in [-0.4, -0.2) is 5.97 Å². The van der Waals surface area contributed by atoms with E-state index in [1.165, 1.54) is 12.5 Å². The highest BCUT2D eigenvalue weighted by Gasteiger charge is 1.94. The number of ether oxygens (including phenoxy) is 1. The zero-order valence-corrected chi connectivity index (χ0v) is 13.0. The quantitative estimate of drug-likeness (QED) is 0.543. The first-order chi connectivity index (χ1) is 9.58. The smallest absolute Gasteiger partial charge is 0.308 e. The minimum Gasteiger partial charge on any atom is -0.427 e. The van der Waals surface area contributed by atoms with Crippen LogP contribution in [0.4, 0.5) is 0 Å². The van der Waals surface area contributed by atoms with Crippen LogP contribution in [0.2, 0.25) is 0 Å². The summed E-state index contributed by atoms with van der Waals surface area (Å²) in [6.07, 6.45) is 0. The number of esters is 1. The Morgan fingerprint density at radius 3 is 1.60 bits per heavy atom. The maximum atomic E-state index is 10.5. The Morgan fingerprint density at radius 2 is 1.25 bits per heavy atom. The van der Waals surface area contributed by atoms with E-state index in [0.717, 1.165) is 5.56 Å². The predicted molar refractivity (Wildman–Crippen MR) is 85.0 cm³/mol. The first-order valence-electron chi connectivity index (χ1n) is 6.84. The molecule has 0 unspecified atom stereocenters. The molecule has 0 aliphatic carbocycles. The summed E-state index contributed by atoms with van der Waals surface area (Å²) in [4.78, 5) is 10.5. The van der Waals surface area contributed by atoms with Gasteiger partial charge in [-0.3, -0.25) is 4.79 Å². The Bertz CT molecular complexity index is 473. The fourth-order valence-corrected chi connectivity index (χ4v) is 1.31. The molecule has 2 rings (SSSR count). The van der Waals surface area contributed by atoms with Crippen molar-refractivity contribution in [2.45, 2.75) is 34.6 Å². The van der Waals surface area contributed by atoms with Crippen LogP contribution in [0.25, 0.3) is 0 Å². The summed E-state index contributed by atoms with van der Waals surface area (Å²) in [6.45, 7) is 9.46. The highest BCUT2D eigenvalue weighted by molar-refractivity contribution is 5.69. The molecule has 0 heterocycles. The topological polar surface area (TPSA) is 26.3 Å². The number of carbonyl (C=O) groups excluding carboxylic acids is 1. The van der Waals surface area contributed by atoms with Gasteiger partial charge in [0.15, 0.2) is 0 Å². The molecule has 20 heavy (non-hydrogen) atoms. The second-order valence-electron chi connectivity index (χ2n) is 4.06. The zero-order valence-electron chi connectivity index (χ0n) is 13.0. The molecule has 0 radical (unpaired) electrons. The Kier molecular flexibility index (Phi) is 9.67. The minimum atomic E-state index is -0.283. The lowest BCUT2D eigenvalue weighted by Gasteiger charge is -1.99. The first-order valence-corrected chi connectivity index (χ1v) is 6.84. The van der Waals surface area contributed by atoms with Crippen LogP contribution in [-0.2, 0) is 4.79 Å². The van der Waals surface area contributed by atoms with Crippen LogP contribution < -0.4 is 4.74 Å². The highest BCUT2D eigenvalue weighted by atomic mass is 16.5. The van der Waals surface area contributed by atoms with Gasteiger partial charge in [0.05, 0.1) is 0 Å². The van der Waals surface area contributed by atoms with Crippen LogP contribution in [0.1, 0.15) is 31.9 Å². The Hall–Kier alpha value is -2.09. The van der Waals surface area contributed by atoms with Crippen LogP contribution in [0.15, 0.2) is 54.6 Å². The van der Waals surface area contributed by atoms with Gasteiger partial charge >= 0.3 is 5.97 Å². The van der Waals surface area contributed by atoms with Gasteiger partial charge in [0.2, 0.25) is 0 Å². The molecule has 0 saturated carbocycles. The van der Waals surface area contributed by atoms with E-state index in [9.17, 15) is 4.79 Å². The maximum Gasteiger partial charge on any atom is 0.308 e. The number of hydrogen-bond donors (Lipinski definition) is 0. The van der Waals surface area contributed by atoms with Gasteiger partial charge in [-0.2, -0.15) is 0 Å². The molecule has 108 valence electrons. The Morgan fingerprint density at radius 1 is 0.800 bits per heavy atom. The molecule has 0 aliphatic heterocycles. The molecular weight excluding hydrogens is 248 g/mol. The zero-order chi connectivity index (χ0) is 15.4. The number of hydrogen-bond acceptors (Lipinski definition) is 2. The van der Waals surface area contributed by atoms with Crippen LogP contribution >= 0.6 is 0 Å². The summed E-state index contributed by atoms with van der Waals surface area (Å²) in [5, 5.41) is 0. The lowest BCUT2D eigenvalue weighted by Crippen LogP contribution is -2.00. The van der Waals surface area contributed by atoms with E-state index in [-0.39, 0.29) is 5.97 Å². The molecule has 2 aromatic carbocycles. The standard InChI is InChI=1S/C9H10O2.C7H8.C2H6/c1-7-3-5-9(6-4-7)11-8(2)10;1-7-5-3-2-4-6-7;1-2/h3-6H,1-2H3;2-6H,1H3;1-2H3. The van der Waals surface area contributed by atoms with Crippen molar-refractivity contribution >= 4 is 5.97 Å². The lowest BCUT2D eigenvalue weighted by atomic mass is 10.2. The average molecular weight is 272 g/mol. The second kappa shape index (κ2) is 10.8. The molecule has 0 atom stereocenters. The average Bonchev–Trinajstić information content (AvgIpc) is 2.45. The highest BCUT2D eigenvalue weighted by Crippen LogP contribution is 2.10. The van der Waals surface area contributed by atoms with E-state index < -0.39 is 0 Å². The molecule has 2 nitrogen and oxygen atoms in total. The normalized spacial score (nSPS) is 8.45. The van der Waals surface area contributed by atoms with Crippen LogP contribution in [0, 0.1) is 13.8 Å². The Labute approximate surface area is 122 Å². The van der Waals surface area contributed by atoms with Crippen LogP contribution in [0.5, 0.6) is 5.75 Å². The molecule has 0 amide bonds. The van der Waals surface area contributed by atoms with E-state index in [1.54, 1.807) is 12.1 Å². The fraction of sp³-hybridized carbons (Fsp3) is 0.278. The Balaban J connectivity index is 0.000000345. The van der Waals surface area contributed by atoms with Gasteiger partial charge in [-0.05, 0) is 26.0 Å². The fourth-order valence-electron chi connectivity index (χ4n) is 1.31. The third kappa shape index (κ3) is 8.92. The van der Waals surface area contributed by atoms with Crippen molar-refractivity contribution in [1.29, 1.82) is 0 Å². The van der Waals surface area contributed by atoms with Gasteiger partial charge in [0.25, 0.3) is 0 Å². The van der Waals surface area contributed by atoms with Crippen molar-refractivity contribution in [3.05, 3.63) is 65.7 Å². The monoisotopic (exact) mass is 272 g/mol. The molecule has 0 bridgehead atoms. The summed E-state index contributed by atoms with van der Waals surface area (Å²) in [5.41, 5.74) is 2.48. The summed E-state index contributed by atoms with van der Waals surface area (Å²) in [5.74, 6) is 0.317. The van der Waals surface area contributed by atoms with Crippen molar-refractivity contribution in [2.75, 3.05) is 0 Å². The molecule has 2 heteroatoms. The van der Waals surface area contributed by atoms with Crippen LogP contribution in [0.3, 0.4) is 0 Å². The molecule has 0 aliphatic rings. The van der Waals surface area contributed by atoms with Crippen molar-refractivity contribution in [3.63, 3.8) is 0 Å². The van der Waals surface area contributed by atoms with Gasteiger partial charge in [-0.15, -0.1) is 0 Å². The van der Waals surface area contributed by atoms with E-state index in [4.69, 9.17) is 4.74 Å². The van der Waals surface area contributed by atoms with Gasteiger partial charge in [-0.25, -0.2) is 0 Å². The van der Waals surface area contributed by atoms with Crippen molar-refractivity contribution < 1.29 is 9.53 Å². The molecule has 2 aromatic rings. The summed E-state index contributed by atoms with van der Waals surface area (Å²) in [6, 6.07) is 17.6. The van der Waals surface area contributed by atoms with Gasteiger partial charge in [0, 0.05) is 6.92 Å². The number of rotatable bonds is 1. The molecule has 0 saturated heterocycles. The van der Waals surface area contributed by atoms with Crippen molar-refractivity contribution in [1.82, 2.24) is 0 Å². The van der Waals surface area contributed by atoms with E-state index in [2.05, 4.69) is 19.1 Å². The van der Waals surface area contributed by atoms with E-state index >= 15 is 0 Å². The number of aryl methyl sites for hydroxylation is 2. The molecule has 0 aromatic heterocycles. The third-order valence-electron chi connectivity index (χ3n) is 2.22. The van der Waals surface area contributed by atoms with E-state index in [1.807, 2.05) is 51.1 Å². The van der Waals surface area contributed by atoms with Gasteiger partial charge in [-0.1, -0.05) is 67.4 Å². The minimum absolute atomic E-state index is 0.283. The summed E-state index contributed by atoms with van der Waals surface area (Å²) < 4.78 is 4.83.